The zero-order chi connectivity index (χ0) is 25.3. The standard InChI is InChI=1S/C29H30ClFN2O2S/c30-23-12-16-26(17-13-23)36-20-28(34)33(19-22-10-14-24(31)15-11-22)27(18-21-6-2-1-3-7-21)29(35)32-25-8-4-5-9-25/h1-3,6-7,10-17,25,27H,4-5,8-9,18-20H2,(H,32,35). The van der Waals surface area contributed by atoms with Crippen LogP contribution in [-0.4, -0.2) is 34.6 Å². The van der Waals surface area contributed by atoms with Crippen molar-refractivity contribution in [1.29, 1.82) is 0 Å². The SMILES string of the molecule is O=C(NC1CCCC1)C(Cc1ccccc1)N(Cc1ccc(F)cc1)C(=O)CSc1ccc(Cl)cc1. The number of carbonyl (C=O) groups is 2. The van der Waals surface area contributed by atoms with Gasteiger partial charge in [-0.25, -0.2) is 4.39 Å². The smallest absolute Gasteiger partial charge is 0.243 e. The van der Waals surface area contributed by atoms with E-state index in [1.807, 2.05) is 42.5 Å². The molecule has 1 fully saturated rings. The second-order valence-corrected chi connectivity index (χ2v) is 10.6. The van der Waals surface area contributed by atoms with Crippen LogP contribution in [0.4, 0.5) is 4.39 Å². The highest BCUT2D eigenvalue weighted by molar-refractivity contribution is 8.00. The lowest BCUT2D eigenvalue weighted by Gasteiger charge is -2.32. The molecule has 2 amide bonds. The third-order valence-electron chi connectivity index (χ3n) is 6.41. The quantitative estimate of drug-likeness (QED) is 0.318. The number of nitrogens with one attached hydrogen (secondary N) is 1. The molecule has 0 saturated heterocycles. The van der Waals surface area contributed by atoms with Crippen molar-refractivity contribution in [2.75, 3.05) is 5.75 Å². The fraction of sp³-hybridized carbons (Fsp3) is 0.310. The molecule has 1 N–H and O–H groups in total. The summed E-state index contributed by atoms with van der Waals surface area (Å²) in [6, 6.07) is 22.6. The van der Waals surface area contributed by atoms with Crippen molar-refractivity contribution in [2.45, 2.75) is 55.6 Å². The van der Waals surface area contributed by atoms with Crippen LogP contribution in [-0.2, 0) is 22.6 Å². The average molecular weight is 525 g/mol. The summed E-state index contributed by atoms with van der Waals surface area (Å²) in [7, 11) is 0. The Bertz CT molecular complexity index is 1140. The average Bonchev–Trinajstić information content (AvgIpc) is 3.40. The van der Waals surface area contributed by atoms with Crippen molar-refractivity contribution < 1.29 is 14.0 Å². The number of hydrogen-bond acceptors (Lipinski definition) is 3. The van der Waals surface area contributed by atoms with E-state index in [1.165, 1.54) is 23.9 Å². The van der Waals surface area contributed by atoms with E-state index in [0.29, 0.717) is 11.4 Å². The number of amides is 2. The molecule has 1 aliphatic rings. The summed E-state index contributed by atoms with van der Waals surface area (Å²) in [6.45, 7) is 0.218. The zero-order valence-electron chi connectivity index (χ0n) is 20.0. The van der Waals surface area contributed by atoms with E-state index in [9.17, 15) is 14.0 Å². The fourth-order valence-electron chi connectivity index (χ4n) is 4.47. The van der Waals surface area contributed by atoms with Crippen molar-refractivity contribution in [3.05, 3.63) is 101 Å². The van der Waals surface area contributed by atoms with Gasteiger partial charge in [0, 0.05) is 28.9 Å². The minimum atomic E-state index is -0.684. The molecule has 0 radical (unpaired) electrons. The lowest BCUT2D eigenvalue weighted by Crippen LogP contribution is -2.52. The van der Waals surface area contributed by atoms with E-state index in [2.05, 4.69) is 5.32 Å². The predicted molar refractivity (Wildman–Crippen MR) is 143 cm³/mol. The van der Waals surface area contributed by atoms with Gasteiger partial charge >= 0.3 is 0 Å². The van der Waals surface area contributed by atoms with Gasteiger partial charge in [0.25, 0.3) is 0 Å². The lowest BCUT2D eigenvalue weighted by atomic mass is 10.0. The largest absolute Gasteiger partial charge is 0.352 e. The molecule has 4 rings (SSSR count). The second kappa shape index (κ2) is 12.9. The van der Waals surface area contributed by atoms with Gasteiger partial charge in [-0.1, -0.05) is 66.9 Å². The highest BCUT2D eigenvalue weighted by atomic mass is 35.5. The molecule has 3 aromatic rings. The summed E-state index contributed by atoms with van der Waals surface area (Å²) in [4.78, 5) is 29.8. The van der Waals surface area contributed by atoms with E-state index < -0.39 is 6.04 Å². The van der Waals surface area contributed by atoms with E-state index in [-0.39, 0.29) is 36.0 Å². The Morgan fingerprint density at radius 1 is 0.944 bits per heavy atom. The predicted octanol–water partition coefficient (Wildman–Crippen LogP) is 6.27. The zero-order valence-corrected chi connectivity index (χ0v) is 21.6. The van der Waals surface area contributed by atoms with Crippen molar-refractivity contribution in [1.82, 2.24) is 10.2 Å². The van der Waals surface area contributed by atoms with Gasteiger partial charge in [0.2, 0.25) is 11.8 Å². The highest BCUT2D eigenvalue weighted by Gasteiger charge is 2.32. The third kappa shape index (κ3) is 7.58. The first kappa shape index (κ1) is 26.2. The Labute approximate surface area is 221 Å². The van der Waals surface area contributed by atoms with Gasteiger partial charge < -0.3 is 10.2 Å². The van der Waals surface area contributed by atoms with Crippen LogP contribution in [0.25, 0.3) is 0 Å². The summed E-state index contributed by atoms with van der Waals surface area (Å²) in [5, 5.41) is 3.83. The summed E-state index contributed by atoms with van der Waals surface area (Å²) < 4.78 is 13.6. The molecule has 0 aromatic heterocycles. The molecule has 0 aliphatic heterocycles. The number of rotatable bonds is 10. The molecule has 0 spiro atoms. The summed E-state index contributed by atoms with van der Waals surface area (Å²) in [5.74, 6) is -0.459. The van der Waals surface area contributed by atoms with Crippen LogP contribution < -0.4 is 5.32 Å². The Morgan fingerprint density at radius 2 is 1.61 bits per heavy atom. The molecule has 1 aliphatic carbocycles. The number of nitrogens with zero attached hydrogens (tertiary/aromatic N) is 1. The van der Waals surface area contributed by atoms with Crippen LogP contribution in [0.1, 0.15) is 36.8 Å². The molecular weight excluding hydrogens is 495 g/mol. The van der Waals surface area contributed by atoms with Crippen LogP contribution >= 0.6 is 23.4 Å². The molecule has 0 heterocycles. The number of benzene rings is 3. The van der Waals surface area contributed by atoms with E-state index in [0.717, 1.165) is 41.7 Å². The number of hydrogen-bond donors (Lipinski definition) is 1. The van der Waals surface area contributed by atoms with Crippen molar-refractivity contribution in [3.63, 3.8) is 0 Å². The van der Waals surface area contributed by atoms with Gasteiger partial charge in [-0.3, -0.25) is 9.59 Å². The maximum Gasteiger partial charge on any atom is 0.243 e. The molecule has 7 heteroatoms. The van der Waals surface area contributed by atoms with E-state index in [1.54, 1.807) is 29.2 Å². The van der Waals surface area contributed by atoms with E-state index >= 15 is 0 Å². The van der Waals surface area contributed by atoms with Gasteiger partial charge in [0.15, 0.2) is 0 Å². The Hall–Kier alpha value is -2.83. The minimum absolute atomic E-state index is 0.141. The van der Waals surface area contributed by atoms with E-state index in [4.69, 9.17) is 11.6 Å². The molecule has 1 unspecified atom stereocenters. The molecule has 36 heavy (non-hydrogen) atoms. The third-order valence-corrected chi connectivity index (χ3v) is 7.66. The van der Waals surface area contributed by atoms with Crippen LogP contribution in [0.3, 0.4) is 0 Å². The molecule has 1 atom stereocenters. The summed E-state index contributed by atoms with van der Waals surface area (Å²) in [6.07, 6.45) is 4.52. The number of thioether (sulfide) groups is 1. The van der Waals surface area contributed by atoms with Crippen molar-refractivity contribution in [2.24, 2.45) is 0 Å². The Kier molecular flexibility index (Phi) is 9.42. The first-order valence-corrected chi connectivity index (χ1v) is 13.6. The maximum absolute atomic E-state index is 13.7. The van der Waals surface area contributed by atoms with Gasteiger partial charge in [-0.15, -0.1) is 11.8 Å². The molecular formula is C29H30ClFN2O2S. The molecule has 4 nitrogen and oxygen atoms in total. The van der Waals surface area contributed by atoms with Crippen LogP contribution in [0, 0.1) is 5.82 Å². The van der Waals surface area contributed by atoms with Crippen LogP contribution in [0.15, 0.2) is 83.8 Å². The second-order valence-electron chi connectivity index (χ2n) is 9.09. The van der Waals surface area contributed by atoms with Gasteiger partial charge in [0.05, 0.1) is 5.75 Å². The topological polar surface area (TPSA) is 49.4 Å². The maximum atomic E-state index is 13.7. The van der Waals surface area contributed by atoms with Crippen molar-refractivity contribution >= 4 is 35.2 Å². The van der Waals surface area contributed by atoms with Crippen LogP contribution in [0.2, 0.25) is 5.02 Å². The molecule has 3 aromatic carbocycles. The van der Waals surface area contributed by atoms with Gasteiger partial charge in [-0.05, 0) is 60.4 Å². The number of halogens is 2. The monoisotopic (exact) mass is 524 g/mol. The van der Waals surface area contributed by atoms with Gasteiger partial charge in [0.1, 0.15) is 11.9 Å². The molecule has 1 saturated carbocycles. The van der Waals surface area contributed by atoms with Crippen molar-refractivity contribution in [3.8, 4) is 0 Å². The first-order chi connectivity index (χ1) is 17.5. The Balaban J connectivity index is 1.59. The summed E-state index contributed by atoms with van der Waals surface area (Å²) in [5.41, 5.74) is 1.75. The fourth-order valence-corrected chi connectivity index (χ4v) is 5.38. The first-order valence-electron chi connectivity index (χ1n) is 12.2. The lowest BCUT2D eigenvalue weighted by molar-refractivity contribution is -0.139. The minimum Gasteiger partial charge on any atom is -0.352 e. The summed E-state index contributed by atoms with van der Waals surface area (Å²) >= 11 is 7.40. The van der Waals surface area contributed by atoms with Crippen LogP contribution in [0.5, 0.6) is 0 Å². The highest BCUT2D eigenvalue weighted by Crippen LogP contribution is 2.24. The molecule has 188 valence electrons. The van der Waals surface area contributed by atoms with Gasteiger partial charge in [-0.2, -0.15) is 0 Å². The number of carbonyl (C=O) groups excluding carboxylic acids is 2. The molecule has 0 bridgehead atoms. The Morgan fingerprint density at radius 3 is 2.28 bits per heavy atom. The normalized spacial score (nSPS) is 14.4.